The molecule has 1 spiro atoms. The second-order valence-electron chi connectivity index (χ2n) is 10.3. The summed E-state index contributed by atoms with van der Waals surface area (Å²) in [6.45, 7) is 11.3. The quantitative estimate of drug-likeness (QED) is 0.463. The Morgan fingerprint density at radius 3 is 2.32 bits per heavy atom. The van der Waals surface area contributed by atoms with Crippen molar-refractivity contribution in [2.45, 2.75) is 77.8 Å². The maximum Gasteiger partial charge on any atom is 0.302 e. The number of Topliss-reactive ketones (excluding diaryl/α,β-unsaturated/α-hetero) is 1. The molecule has 3 N–H and O–H groups in total. The fourth-order valence-corrected chi connectivity index (χ4v) is 7.66. The molecule has 4 fully saturated rings. The van der Waals surface area contributed by atoms with Gasteiger partial charge in [-0.2, -0.15) is 0 Å². The molecule has 0 unspecified atom stereocenters. The van der Waals surface area contributed by atoms with Crippen LogP contribution in [-0.2, 0) is 14.3 Å². The lowest BCUT2D eigenvalue weighted by molar-refractivity contribution is -0.270. The second kappa shape index (κ2) is 5.89. The fraction of sp³-hybridized carbons (Fsp3) is 0.818. The zero-order chi connectivity index (χ0) is 20.8. The summed E-state index contributed by atoms with van der Waals surface area (Å²) in [5.74, 6) is -1.43. The van der Waals surface area contributed by atoms with Crippen molar-refractivity contribution in [2.75, 3.05) is 0 Å². The van der Waals surface area contributed by atoms with Crippen LogP contribution >= 0.6 is 0 Å². The molecule has 6 heteroatoms. The zero-order valence-corrected chi connectivity index (χ0v) is 17.1. The molecule has 4 saturated carbocycles. The highest BCUT2D eigenvalue weighted by Gasteiger charge is 2.76. The third-order valence-electron chi connectivity index (χ3n) is 9.05. The molecule has 0 aromatic heterocycles. The first-order valence-electron chi connectivity index (χ1n) is 10.4. The number of carbonyl (C=O) groups excluding carboxylic acids is 2. The molecule has 9 atom stereocenters. The molecular formula is C22H32O6. The molecule has 28 heavy (non-hydrogen) atoms. The molecule has 4 aliphatic carbocycles. The summed E-state index contributed by atoms with van der Waals surface area (Å²) >= 11 is 0. The molecule has 0 amide bonds. The fourth-order valence-electron chi connectivity index (χ4n) is 7.66. The number of aliphatic hydroxyl groups excluding tert-OH is 3. The largest absolute Gasteiger partial charge is 0.462 e. The SMILES string of the molecule is C=C1C(=O)[C@@]23[C@H](O)C[C@@H]4C(C)(C)[C@@H](OC(C)=O)C[C@@H](O)[C@]4(C)[C@@H]2CC[C@@H]1[C@H]3O. The highest BCUT2D eigenvalue weighted by molar-refractivity contribution is 6.04. The van der Waals surface area contributed by atoms with E-state index in [4.69, 9.17) is 4.74 Å². The minimum absolute atomic E-state index is 0.163. The molecule has 0 heterocycles. The molecule has 0 radical (unpaired) electrons. The Morgan fingerprint density at radius 2 is 1.71 bits per heavy atom. The smallest absolute Gasteiger partial charge is 0.302 e. The molecule has 2 bridgehead atoms. The highest BCUT2D eigenvalue weighted by atomic mass is 16.5. The first kappa shape index (κ1) is 20.0. The van der Waals surface area contributed by atoms with Crippen LogP contribution in [-0.4, -0.2) is 51.5 Å². The van der Waals surface area contributed by atoms with Gasteiger partial charge >= 0.3 is 5.97 Å². The predicted octanol–water partition coefficient (Wildman–Crippen LogP) is 1.61. The number of ketones is 1. The summed E-state index contributed by atoms with van der Waals surface area (Å²) in [5.41, 5.74) is -2.02. The van der Waals surface area contributed by atoms with Crippen LogP contribution in [0.15, 0.2) is 12.2 Å². The summed E-state index contributed by atoms with van der Waals surface area (Å²) in [7, 11) is 0. The zero-order valence-electron chi connectivity index (χ0n) is 17.1. The van der Waals surface area contributed by atoms with Crippen molar-refractivity contribution in [2.24, 2.45) is 34.0 Å². The number of hydrogen-bond acceptors (Lipinski definition) is 6. The van der Waals surface area contributed by atoms with E-state index in [1.807, 2.05) is 20.8 Å². The van der Waals surface area contributed by atoms with Gasteiger partial charge in [0.1, 0.15) is 6.10 Å². The Morgan fingerprint density at radius 1 is 1.07 bits per heavy atom. The summed E-state index contributed by atoms with van der Waals surface area (Å²) in [6, 6.07) is 0. The first-order chi connectivity index (χ1) is 12.9. The normalized spacial score (nSPS) is 52.0. The molecule has 156 valence electrons. The third-order valence-corrected chi connectivity index (χ3v) is 9.05. The van der Waals surface area contributed by atoms with Crippen LogP contribution in [0, 0.1) is 34.0 Å². The maximum atomic E-state index is 13.3. The number of esters is 1. The number of ether oxygens (including phenoxy) is 1. The van der Waals surface area contributed by atoms with Crippen molar-refractivity contribution in [1.29, 1.82) is 0 Å². The number of fused-ring (bicyclic) bond motifs is 3. The average molecular weight is 392 g/mol. The lowest BCUT2D eigenvalue weighted by Gasteiger charge is -2.67. The van der Waals surface area contributed by atoms with Crippen LogP contribution in [0.3, 0.4) is 0 Å². The number of aliphatic hydroxyl groups is 3. The van der Waals surface area contributed by atoms with Gasteiger partial charge < -0.3 is 20.1 Å². The van der Waals surface area contributed by atoms with Gasteiger partial charge in [0.2, 0.25) is 0 Å². The van der Waals surface area contributed by atoms with Gasteiger partial charge in [0, 0.05) is 30.1 Å². The molecule has 4 aliphatic rings. The van der Waals surface area contributed by atoms with Gasteiger partial charge in [-0.05, 0) is 36.7 Å². The molecule has 0 aromatic carbocycles. The summed E-state index contributed by atoms with van der Waals surface area (Å²) in [4.78, 5) is 24.9. The molecule has 6 nitrogen and oxygen atoms in total. The average Bonchev–Trinajstić information content (AvgIpc) is 2.71. The van der Waals surface area contributed by atoms with E-state index in [2.05, 4.69) is 6.58 Å². The van der Waals surface area contributed by atoms with Gasteiger partial charge in [-0.25, -0.2) is 0 Å². The summed E-state index contributed by atoms with van der Waals surface area (Å²) < 4.78 is 5.55. The van der Waals surface area contributed by atoms with E-state index in [-0.39, 0.29) is 42.3 Å². The van der Waals surface area contributed by atoms with Crippen molar-refractivity contribution in [3.05, 3.63) is 12.2 Å². The Balaban J connectivity index is 1.84. The lowest BCUT2D eigenvalue weighted by atomic mass is 9.38. The topological polar surface area (TPSA) is 104 Å². The Labute approximate surface area is 166 Å². The Kier molecular flexibility index (Phi) is 4.22. The molecular weight excluding hydrogens is 360 g/mol. The van der Waals surface area contributed by atoms with Crippen molar-refractivity contribution in [3.63, 3.8) is 0 Å². The number of carbonyl (C=O) groups is 2. The summed E-state index contributed by atoms with van der Waals surface area (Å²) in [6.07, 6.45) is -1.38. The maximum absolute atomic E-state index is 13.3. The minimum atomic E-state index is -1.28. The van der Waals surface area contributed by atoms with E-state index in [1.54, 1.807) is 0 Å². The van der Waals surface area contributed by atoms with Crippen LogP contribution in [0.25, 0.3) is 0 Å². The standard InChI is InChI=1S/C22H32O6/c1-10-12-6-7-13-21(5)14(8-16(25)22(13,18(10)26)19(12)27)20(3,4)17(9-15(21)24)28-11(2)23/h12-17,19,24-25,27H,1,6-9H2,2-5H3/t12-,13-,14+,15+,16+,17-,19+,21+,22-/m0/s1. The van der Waals surface area contributed by atoms with E-state index >= 15 is 0 Å². The van der Waals surface area contributed by atoms with Crippen molar-refractivity contribution >= 4 is 11.8 Å². The third kappa shape index (κ3) is 2.09. The van der Waals surface area contributed by atoms with Gasteiger partial charge in [0.15, 0.2) is 5.78 Å². The summed E-state index contributed by atoms with van der Waals surface area (Å²) in [5, 5.41) is 33.7. The van der Waals surface area contributed by atoms with E-state index in [9.17, 15) is 24.9 Å². The Hall–Kier alpha value is -1.24. The molecule has 0 saturated heterocycles. The van der Waals surface area contributed by atoms with Crippen LogP contribution < -0.4 is 0 Å². The van der Waals surface area contributed by atoms with Crippen LogP contribution in [0.5, 0.6) is 0 Å². The molecule has 0 aliphatic heterocycles. The molecule has 0 aromatic rings. The van der Waals surface area contributed by atoms with Gasteiger partial charge in [-0.3, -0.25) is 9.59 Å². The lowest BCUT2D eigenvalue weighted by Crippen LogP contribution is -2.71. The second-order valence-corrected chi connectivity index (χ2v) is 10.3. The van der Waals surface area contributed by atoms with Gasteiger partial charge in [-0.15, -0.1) is 0 Å². The van der Waals surface area contributed by atoms with Crippen LogP contribution in [0.4, 0.5) is 0 Å². The van der Waals surface area contributed by atoms with Crippen LogP contribution in [0.1, 0.15) is 53.4 Å². The van der Waals surface area contributed by atoms with Gasteiger partial charge in [-0.1, -0.05) is 27.4 Å². The highest BCUT2D eigenvalue weighted by Crippen LogP contribution is 2.71. The molecule has 4 rings (SSSR count). The predicted molar refractivity (Wildman–Crippen MR) is 101 cm³/mol. The van der Waals surface area contributed by atoms with Gasteiger partial charge in [0.25, 0.3) is 0 Å². The van der Waals surface area contributed by atoms with E-state index < -0.39 is 40.7 Å². The van der Waals surface area contributed by atoms with E-state index in [0.29, 0.717) is 18.4 Å². The van der Waals surface area contributed by atoms with E-state index in [0.717, 1.165) is 0 Å². The van der Waals surface area contributed by atoms with Crippen LogP contribution in [0.2, 0.25) is 0 Å². The van der Waals surface area contributed by atoms with Crippen molar-refractivity contribution in [3.8, 4) is 0 Å². The number of hydrogen-bond donors (Lipinski definition) is 3. The van der Waals surface area contributed by atoms with Crippen molar-refractivity contribution < 1.29 is 29.6 Å². The minimum Gasteiger partial charge on any atom is -0.462 e. The van der Waals surface area contributed by atoms with E-state index in [1.165, 1.54) is 6.92 Å². The van der Waals surface area contributed by atoms with Gasteiger partial charge in [0.05, 0.1) is 23.7 Å². The first-order valence-corrected chi connectivity index (χ1v) is 10.4. The Bertz CT molecular complexity index is 743. The monoisotopic (exact) mass is 392 g/mol. The van der Waals surface area contributed by atoms with Crippen molar-refractivity contribution in [1.82, 2.24) is 0 Å². The number of rotatable bonds is 1.